The zero-order valence-corrected chi connectivity index (χ0v) is 10.8. The quantitative estimate of drug-likeness (QED) is 0.649. The first-order chi connectivity index (χ1) is 7.15. The van der Waals surface area contributed by atoms with Gasteiger partial charge in [-0.3, -0.25) is 4.79 Å². The van der Waals surface area contributed by atoms with E-state index in [2.05, 4.69) is 0 Å². The molecule has 0 rings (SSSR count). The lowest BCUT2D eigenvalue weighted by molar-refractivity contribution is -0.130. The second-order valence-electron chi connectivity index (χ2n) is 3.53. The number of amides is 1. The summed E-state index contributed by atoms with van der Waals surface area (Å²) in [7, 11) is 0. The van der Waals surface area contributed by atoms with Crippen LogP contribution in [0.2, 0.25) is 0 Å². The summed E-state index contributed by atoms with van der Waals surface area (Å²) in [6.45, 7) is 7.82. The summed E-state index contributed by atoms with van der Waals surface area (Å²) >= 11 is 1.72. The van der Waals surface area contributed by atoms with E-state index in [9.17, 15) is 4.79 Å². The van der Waals surface area contributed by atoms with Crippen LogP contribution in [0.25, 0.3) is 0 Å². The molecule has 0 bridgehead atoms. The Labute approximate surface area is 97.2 Å². The molecule has 15 heavy (non-hydrogen) atoms. The van der Waals surface area contributed by atoms with E-state index < -0.39 is 0 Å². The van der Waals surface area contributed by atoms with Crippen LogP contribution in [-0.4, -0.2) is 46.6 Å². The highest BCUT2D eigenvalue weighted by Gasteiger charge is 2.08. The van der Waals surface area contributed by atoms with E-state index in [1.807, 2.05) is 25.7 Å². The maximum atomic E-state index is 11.6. The largest absolute Gasteiger partial charge is 0.395 e. The van der Waals surface area contributed by atoms with Crippen LogP contribution in [0.3, 0.4) is 0 Å². The number of hydrogen-bond donors (Lipinski definition) is 1. The minimum Gasteiger partial charge on any atom is -0.395 e. The first-order valence-corrected chi connectivity index (χ1v) is 6.70. The van der Waals surface area contributed by atoms with Crippen LogP contribution >= 0.6 is 11.8 Å². The highest BCUT2D eigenvalue weighted by molar-refractivity contribution is 7.99. The molecule has 4 heteroatoms. The lowest BCUT2D eigenvalue weighted by Crippen LogP contribution is -2.30. The summed E-state index contributed by atoms with van der Waals surface area (Å²) in [5, 5.41) is 9.10. The molecule has 0 spiro atoms. The van der Waals surface area contributed by atoms with E-state index >= 15 is 0 Å². The number of aliphatic hydroxyl groups is 1. The van der Waals surface area contributed by atoms with Crippen molar-refractivity contribution in [3.8, 4) is 0 Å². The zero-order valence-electron chi connectivity index (χ0n) is 10.0. The minimum absolute atomic E-state index is 0.217. The summed E-state index contributed by atoms with van der Waals surface area (Å²) in [6, 6.07) is 0. The fourth-order valence-electron chi connectivity index (χ4n) is 1.30. The molecule has 1 N–H and O–H groups in total. The van der Waals surface area contributed by atoms with Gasteiger partial charge in [-0.25, -0.2) is 0 Å². The highest BCUT2D eigenvalue weighted by Crippen LogP contribution is 2.12. The van der Waals surface area contributed by atoms with Crippen molar-refractivity contribution in [3.05, 3.63) is 0 Å². The van der Waals surface area contributed by atoms with Gasteiger partial charge in [0.2, 0.25) is 5.91 Å². The third kappa shape index (κ3) is 6.79. The Bertz CT molecular complexity index is 172. The van der Waals surface area contributed by atoms with Gasteiger partial charge in [0.1, 0.15) is 0 Å². The second-order valence-corrected chi connectivity index (χ2v) is 5.08. The number of nitrogens with zero attached hydrogens (tertiary/aromatic N) is 1. The van der Waals surface area contributed by atoms with Crippen molar-refractivity contribution in [1.82, 2.24) is 4.90 Å². The molecular formula is C11H23NO2S. The third-order valence-corrected chi connectivity index (χ3v) is 3.55. The van der Waals surface area contributed by atoms with Gasteiger partial charge in [0.25, 0.3) is 0 Å². The lowest BCUT2D eigenvalue weighted by atomic mass is 10.3. The van der Waals surface area contributed by atoms with Gasteiger partial charge in [-0.05, 0) is 26.0 Å². The average Bonchev–Trinajstić information content (AvgIpc) is 2.25. The summed E-state index contributed by atoms with van der Waals surface area (Å²) in [6.07, 6.45) is 1.54. The van der Waals surface area contributed by atoms with E-state index in [1.165, 1.54) is 0 Å². The van der Waals surface area contributed by atoms with Gasteiger partial charge in [0.05, 0.1) is 6.61 Å². The van der Waals surface area contributed by atoms with Crippen LogP contribution in [0.1, 0.15) is 33.6 Å². The fourth-order valence-corrected chi connectivity index (χ4v) is 2.11. The first kappa shape index (κ1) is 14.8. The summed E-state index contributed by atoms with van der Waals surface area (Å²) < 4.78 is 0. The van der Waals surface area contributed by atoms with Crippen molar-refractivity contribution in [2.24, 2.45) is 0 Å². The molecule has 0 aliphatic carbocycles. The summed E-state index contributed by atoms with van der Waals surface area (Å²) in [5.41, 5.74) is 0. The second kappa shape index (κ2) is 9.04. The Hall–Kier alpha value is -0.220. The molecule has 0 aromatic heterocycles. The monoisotopic (exact) mass is 233 g/mol. The van der Waals surface area contributed by atoms with Crippen LogP contribution in [0.4, 0.5) is 0 Å². The van der Waals surface area contributed by atoms with E-state index in [0.29, 0.717) is 6.42 Å². The number of rotatable bonds is 8. The highest BCUT2D eigenvalue weighted by atomic mass is 32.2. The Kier molecular flexibility index (Phi) is 8.91. The van der Waals surface area contributed by atoms with Gasteiger partial charge in [0.15, 0.2) is 0 Å². The molecule has 1 unspecified atom stereocenters. The van der Waals surface area contributed by atoms with Gasteiger partial charge in [-0.1, -0.05) is 6.92 Å². The molecule has 0 saturated heterocycles. The molecule has 0 aromatic rings. The molecule has 0 saturated carbocycles. The van der Waals surface area contributed by atoms with E-state index in [0.717, 1.165) is 25.3 Å². The van der Waals surface area contributed by atoms with Gasteiger partial charge in [-0.2, -0.15) is 11.8 Å². The summed E-state index contributed by atoms with van der Waals surface area (Å²) in [4.78, 5) is 13.4. The molecule has 1 amide bonds. The number of carbonyl (C=O) groups is 1. The van der Waals surface area contributed by atoms with Gasteiger partial charge in [-0.15, -0.1) is 0 Å². The molecule has 0 aliphatic rings. The molecule has 0 heterocycles. The molecule has 0 aromatic carbocycles. The molecular weight excluding hydrogens is 210 g/mol. The van der Waals surface area contributed by atoms with Crippen molar-refractivity contribution in [2.45, 2.75) is 38.9 Å². The predicted octanol–water partition coefficient (Wildman–Crippen LogP) is 1.75. The van der Waals surface area contributed by atoms with Crippen molar-refractivity contribution in [3.63, 3.8) is 0 Å². The van der Waals surface area contributed by atoms with Crippen molar-refractivity contribution in [1.29, 1.82) is 0 Å². The zero-order chi connectivity index (χ0) is 11.7. The van der Waals surface area contributed by atoms with E-state index in [4.69, 9.17) is 5.11 Å². The van der Waals surface area contributed by atoms with Crippen LogP contribution < -0.4 is 0 Å². The van der Waals surface area contributed by atoms with Crippen LogP contribution in [0.15, 0.2) is 0 Å². The maximum absolute atomic E-state index is 11.6. The molecule has 0 aliphatic heterocycles. The molecule has 3 nitrogen and oxygen atoms in total. The number of thioether (sulfide) groups is 1. The Morgan fingerprint density at radius 1 is 1.40 bits per heavy atom. The third-order valence-electron chi connectivity index (χ3n) is 2.31. The van der Waals surface area contributed by atoms with Crippen LogP contribution in [0.5, 0.6) is 0 Å². The maximum Gasteiger partial charge on any atom is 0.222 e. The minimum atomic E-state index is 0.217. The number of hydrogen-bond acceptors (Lipinski definition) is 3. The first-order valence-electron chi connectivity index (χ1n) is 5.65. The number of carbonyl (C=O) groups excluding carboxylic acids is 1. The molecule has 1 atom stereocenters. The molecule has 0 fully saturated rings. The Balaban J connectivity index is 3.54. The van der Waals surface area contributed by atoms with Gasteiger partial charge in [0, 0.05) is 24.8 Å². The topological polar surface area (TPSA) is 40.5 Å². The predicted molar refractivity (Wildman–Crippen MR) is 66.2 cm³/mol. The van der Waals surface area contributed by atoms with Crippen LogP contribution in [-0.2, 0) is 4.79 Å². The Morgan fingerprint density at radius 3 is 2.47 bits per heavy atom. The van der Waals surface area contributed by atoms with Crippen molar-refractivity contribution >= 4 is 17.7 Å². The normalized spacial score (nSPS) is 12.5. The molecule has 90 valence electrons. The summed E-state index contributed by atoms with van der Waals surface area (Å²) in [5.74, 6) is 1.20. The van der Waals surface area contributed by atoms with Gasteiger partial charge < -0.3 is 10.0 Å². The average molecular weight is 233 g/mol. The smallest absolute Gasteiger partial charge is 0.222 e. The fraction of sp³-hybridized carbons (Fsp3) is 0.909. The SMILES string of the molecule is CCN(CC)C(=O)CCCSC(C)CO. The van der Waals surface area contributed by atoms with E-state index in [-0.39, 0.29) is 17.8 Å². The van der Waals surface area contributed by atoms with Crippen molar-refractivity contribution < 1.29 is 9.90 Å². The lowest BCUT2D eigenvalue weighted by Gasteiger charge is -2.18. The van der Waals surface area contributed by atoms with Crippen molar-refractivity contribution in [2.75, 3.05) is 25.4 Å². The molecule has 0 radical (unpaired) electrons. The van der Waals surface area contributed by atoms with Gasteiger partial charge >= 0.3 is 0 Å². The standard InChI is InChI=1S/C11H23NO2S/c1-4-12(5-2)11(14)7-6-8-15-10(3)9-13/h10,13H,4-9H2,1-3H3. The Morgan fingerprint density at radius 2 is 2.00 bits per heavy atom. The van der Waals surface area contributed by atoms with Crippen LogP contribution in [0, 0.1) is 0 Å². The van der Waals surface area contributed by atoms with E-state index in [1.54, 1.807) is 11.8 Å². The number of aliphatic hydroxyl groups excluding tert-OH is 1.